The zero-order valence-corrected chi connectivity index (χ0v) is 18.7. The molecule has 0 amide bonds. The summed E-state index contributed by atoms with van der Waals surface area (Å²) in [6.45, 7) is 2.39. The summed E-state index contributed by atoms with van der Waals surface area (Å²) in [4.78, 5) is 17.1. The number of nitrogens with zero attached hydrogens (tertiary/aromatic N) is 1. The highest BCUT2D eigenvalue weighted by Crippen LogP contribution is 2.28. The van der Waals surface area contributed by atoms with Gasteiger partial charge in [-0.3, -0.25) is 4.79 Å². The van der Waals surface area contributed by atoms with Gasteiger partial charge >= 0.3 is 0 Å². The molecule has 1 heterocycles. The number of Topliss-reactive ketones (excluding diaryl/α,β-unsaturated/α-hetero) is 1. The van der Waals surface area contributed by atoms with E-state index in [1.165, 1.54) is 17.3 Å². The Morgan fingerprint density at radius 3 is 2.45 bits per heavy atom. The minimum atomic E-state index is -3.18. The van der Waals surface area contributed by atoms with E-state index in [0.717, 1.165) is 27.4 Å². The molecule has 152 valence electrons. The van der Waals surface area contributed by atoms with Crippen LogP contribution in [-0.2, 0) is 16.4 Å². The third-order valence-corrected chi connectivity index (χ3v) is 6.96. The lowest BCUT2D eigenvalue weighted by molar-refractivity contribution is 0.102. The van der Waals surface area contributed by atoms with Crippen LogP contribution in [0, 0.1) is 6.92 Å². The monoisotopic (exact) mass is 446 g/mol. The van der Waals surface area contributed by atoms with E-state index in [1.54, 1.807) is 23.5 Å². The average Bonchev–Trinajstić information content (AvgIpc) is 3.15. The molecule has 0 radical (unpaired) electrons. The quantitative estimate of drug-likeness (QED) is 0.394. The van der Waals surface area contributed by atoms with Crippen molar-refractivity contribution in [3.63, 3.8) is 0 Å². The molecule has 5 nitrogen and oxygen atoms in total. The first-order valence-corrected chi connectivity index (χ1v) is 12.8. The number of benzene rings is 2. The Bertz CT molecular complexity index is 1070. The molecule has 0 bridgehead atoms. The number of thiazole rings is 1. The maximum atomic E-state index is 12.5. The van der Waals surface area contributed by atoms with Gasteiger partial charge in [-0.2, -0.15) is 0 Å². The zero-order chi connectivity index (χ0) is 20.9. The minimum absolute atomic E-state index is 0.0443. The van der Waals surface area contributed by atoms with Gasteiger partial charge in [0.2, 0.25) is 10.0 Å². The number of sulfonamides is 1. The lowest BCUT2D eigenvalue weighted by atomic mass is 10.1. The van der Waals surface area contributed by atoms with Gasteiger partial charge < -0.3 is 0 Å². The van der Waals surface area contributed by atoms with Crippen molar-refractivity contribution in [2.24, 2.45) is 0 Å². The van der Waals surface area contributed by atoms with E-state index in [0.29, 0.717) is 24.3 Å². The van der Waals surface area contributed by atoms with Crippen molar-refractivity contribution in [1.29, 1.82) is 0 Å². The molecule has 8 heteroatoms. The van der Waals surface area contributed by atoms with Crippen LogP contribution in [0.5, 0.6) is 0 Å². The predicted octanol–water partition coefficient (Wildman–Crippen LogP) is 4.19. The molecule has 0 saturated heterocycles. The van der Waals surface area contributed by atoms with Crippen molar-refractivity contribution in [3.8, 4) is 11.3 Å². The Morgan fingerprint density at radius 2 is 1.79 bits per heavy atom. The molecule has 0 aliphatic heterocycles. The topological polar surface area (TPSA) is 76.1 Å². The molecule has 0 spiro atoms. The van der Waals surface area contributed by atoms with E-state index in [2.05, 4.69) is 40.9 Å². The summed E-state index contributed by atoms with van der Waals surface area (Å²) in [5.41, 5.74) is 4.84. The van der Waals surface area contributed by atoms with E-state index < -0.39 is 10.0 Å². The van der Waals surface area contributed by atoms with Crippen LogP contribution >= 0.6 is 23.1 Å². The van der Waals surface area contributed by atoms with Crippen molar-refractivity contribution in [2.45, 2.75) is 17.7 Å². The van der Waals surface area contributed by atoms with Gasteiger partial charge in [-0.15, -0.1) is 11.3 Å². The third kappa shape index (κ3) is 6.78. The molecule has 2 aromatic carbocycles. The second-order valence-electron chi connectivity index (χ2n) is 6.69. The fourth-order valence-corrected chi connectivity index (χ4v) is 4.83. The highest BCUT2D eigenvalue weighted by Gasteiger charge is 2.10. The number of aromatic nitrogens is 1. The van der Waals surface area contributed by atoms with Crippen LogP contribution in [0.1, 0.15) is 21.5 Å². The van der Waals surface area contributed by atoms with Gasteiger partial charge in [0.1, 0.15) is 0 Å². The molecule has 0 saturated carbocycles. The Kier molecular flexibility index (Phi) is 7.23. The highest BCUT2D eigenvalue weighted by molar-refractivity contribution is 8.01. The standard InChI is InChI=1S/C21H22N2O3S3/c1-15-3-7-17(8-4-15)19-13-27-21(23-19)28-14-20(24)18-9-5-16(6-10-18)11-12-22-29(2,25)26/h3-10,13,22H,11-12,14H2,1-2H3. The third-order valence-electron chi connectivity index (χ3n) is 4.21. The molecule has 0 unspecified atom stereocenters. The molecule has 3 rings (SSSR count). The number of rotatable bonds is 9. The second kappa shape index (κ2) is 9.67. The predicted molar refractivity (Wildman–Crippen MR) is 120 cm³/mol. The first-order valence-electron chi connectivity index (χ1n) is 9.02. The minimum Gasteiger partial charge on any atom is -0.293 e. The molecule has 3 aromatic rings. The molecule has 0 atom stereocenters. The van der Waals surface area contributed by atoms with Crippen molar-refractivity contribution in [3.05, 3.63) is 70.6 Å². The van der Waals surface area contributed by atoms with Crippen LogP contribution < -0.4 is 4.72 Å². The summed E-state index contributed by atoms with van der Waals surface area (Å²) in [6.07, 6.45) is 1.72. The van der Waals surface area contributed by atoms with E-state index in [1.807, 2.05) is 17.5 Å². The Balaban J connectivity index is 1.52. The van der Waals surface area contributed by atoms with E-state index in [-0.39, 0.29) is 5.78 Å². The van der Waals surface area contributed by atoms with Crippen LogP contribution in [0.25, 0.3) is 11.3 Å². The Labute approximate surface area is 179 Å². The number of thioether (sulfide) groups is 1. The maximum absolute atomic E-state index is 12.5. The van der Waals surface area contributed by atoms with Gasteiger partial charge in [0.15, 0.2) is 10.1 Å². The average molecular weight is 447 g/mol. The van der Waals surface area contributed by atoms with Crippen LogP contribution in [0.15, 0.2) is 58.3 Å². The molecule has 29 heavy (non-hydrogen) atoms. The van der Waals surface area contributed by atoms with Crippen molar-refractivity contribution in [1.82, 2.24) is 9.71 Å². The van der Waals surface area contributed by atoms with Crippen LogP contribution in [0.2, 0.25) is 0 Å². The highest BCUT2D eigenvalue weighted by atomic mass is 32.2. The molecule has 0 aliphatic carbocycles. The van der Waals surface area contributed by atoms with Gasteiger partial charge in [0.05, 0.1) is 17.7 Å². The number of ketones is 1. The molecule has 1 N–H and O–H groups in total. The van der Waals surface area contributed by atoms with E-state index >= 15 is 0 Å². The van der Waals surface area contributed by atoms with Crippen molar-refractivity contribution >= 4 is 38.9 Å². The maximum Gasteiger partial charge on any atom is 0.208 e. The van der Waals surface area contributed by atoms with E-state index in [9.17, 15) is 13.2 Å². The van der Waals surface area contributed by atoms with Crippen LogP contribution in [0.3, 0.4) is 0 Å². The van der Waals surface area contributed by atoms with Gasteiger partial charge in [-0.05, 0) is 18.9 Å². The number of carbonyl (C=O) groups excluding carboxylic acids is 1. The Morgan fingerprint density at radius 1 is 1.10 bits per heavy atom. The summed E-state index contributed by atoms with van der Waals surface area (Å²) in [7, 11) is -3.18. The van der Waals surface area contributed by atoms with Gasteiger partial charge in [0, 0.05) is 23.1 Å². The van der Waals surface area contributed by atoms with Gasteiger partial charge in [-0.1, -0.05) is 65.9 Å². The molecule has 0 fully saturated rings. The Hall–Kier alpha value is -2.00. The summed E-state index contributed by atoms with van der Waals surface area (Å²) in [5.74, 6) is 0.374. The summed E-state index contributed by atoms with van der Waals surface area (Å²) in [6, 6.07) is 15.5. The fourth-order valence-electron chi connectivity index (χ4n) is 2.63. The first kappa shape index (κ1) is 21.7. The number of hydrogen-bond donors (Lipinski definition) is 1. The van der Waals surface area contributed by atoms with Gasteiger partial charge in [-0.25, -0.2) is 18.1 Å². The smallest absolute Gasteiger partial charge is 0.208 e. The normalized spacial score (nSPS) is 11.5. The second-order valence-corrected chi connectivity index (χ2v) is 10.6. The zero-order valence-electron chi connectivity index (χ0n) is 16.2. The van der Waals surface area contributed by atoms with Crippen molar-refractivity contribution < 1.29 is 13.2 Å². The summed E-state index contributed by atoms with van der Waals surface area (Å²) in [5, 5.41) is 2.01. The summed E-state index contributed by atoms with van der Waals surface area (Å²) < 4.78 is 25.5. The SMILES string of the molecule is Cc1ccc(-c2csc(SCC(=O)c3ccc(CCNS(C)(=O)=O)cc3)n2)cc1. The lowest BCUT2D eigenvalue weighted by Gasteiger charge is -2.04. The molecule has 0 aliphatic rings. The number of aryl methyl sites for hydroxylation is 1. The fraction of sp³-hybridized carbons (Fsp3) is 0.238. The lowest BCUT2D eigenvalue weighted by Crippen LogP contribution is -2.24. The largest absolute Gasteiger partial charge is 0.293 e. The number of carbonyl (C=O) groups is 1. The molecular weight excluding hydrogens is 424 g/mol. The van der Waals surface area contributed by atoms with Crippen LogP contribution in [-0.4, -0.2) is 37.7 Å². The first-order chi connectivity index (χ1) is 13.8. The van der Waals surface area contributed by atoms with Crippen LogP contribution in [0.4, 0.5) is 0 Å². The number of nitrogens with one attached hydrogen (secondary N) is 1. The summed E-state index contributed by atoms with van der Waals surface area (Å²) >= 11 is 2.99. The van der Waals surface area contributed by atoms with Gasteiger partial charge in [0.25, 0.3) is 0 Å². The van der Waals surface area contributed by atoms with E-state index in [4.69, 9.17) is 0 Å². The van der Waals surface area contributed by atoms with Crippen molar-refractivity contribution in [2.75, 3.05) is 18.6 Å². The molecule has 1 aromatic heterocycles. The molecular formula is C21H22N2O3S3. The number of hydrogen-bond acceptors (Lipinski definition) is 6.